The molecule has 12 N–H and O–H groups in total. The third kappa shape index (κ3) is 12.2. The third-order valence-electron chi connectivity index (χ3n) is 11.7. The van der Waals surface area contributed by atoms with Gasteiger partial charge in [0.05, 0.1) is 17.1 Å². The Morgan fingerprint density at radius 2 is 0.877 bits per heavy atom. The molecule has 0 saturated heterocycles. The molecule has 1 aliphatic heterocycles. The van der Waals surface area contributed by atoms with Crippen molar-refractivity contribution in [1.29, 1.82) is 10.8 Å². The molecule has 1 aliphatic rings. The van der Waals surface area contributed by atoms with E-state index in [1.807, 2.05) is 97.1 Å². The van der Waals surface area contributed by atoms with Crippen molar-refractivity contribution in [3.8, 4) is 33.8 Å². The average Bonchev–Trinajstić information content (AvgIpc) is 4.17. The Kier molecular flexibility index (Phi) is 16.0. The minimum atomic E-state index is -0.339. The van der Waals surface area contributed by atoms with Gasteiger partial charge in [-0.05, 0) is 108 Å². The lowest BCUT2D eigenvalue weighted by Crippen LogP contribution is -2.23. The topological polar surface area (TPSA) is 244 Å². The molecule has 10 rings (SSSR count). The van der Waals surface area contributed by atoms with Crippen LogP contribution in [0.25, 0.3) is 33.8 Å². The molecule has 0 atom stereocenters. The average molecular weight is 1040 g/mol. The fourth-order valence-corrected chi connectivity index (χ4v) is 8.87. The molecule has 0 fully saturated rings. The van der Waals surface area contributed by atoms with Crippen molar-refractivity contribution in [3.63, 3.8) is 0 Å². The predicted octanol–water partition coefficient (Wildman–Crippen LogP) is 10.9. The first-order chi connectivity index (χ1) is 35.1. The van der Waals surface area contributed by atoms with Crippen molar-refractivity contribution in [2.75, 3.05) is 23.7 Å². The van der Waals surface area contributed by atoms with Crippen LogP contribution in [0.2, 0.25) is 15.1 Å². The SMILES string of the molecule is N=C(N)n1nc(-c2ccc(F)cc2)c(Cc2cccc(Cl)c2)c1N.N=C(N)n1nc(-c2ccccc2)c(Cc2cccc(Cl)c2)c1N.Nc1c(Cc2cccc(Cl)c2)c(-c2ccc(F)cc2)nn1C1=NCCC1. The Balaban J connectivity index is 0.000000146. The number of nitrogens with zero attached hydrogens (tertiary/aromatic N) is 7. The molecule has 19 heteroatoms. The first kappa shape index (κ1) is 51.1. The fourth-order valence-electron chi connectivity index (χ4n) is 8.23. The van der Waals surface area contributed by atoms with Gasteiger partial charge >= 0.3 is 0 Å². The van der Waals surface area contributed by atoms with E-state index in [0.29, 0.717) is 62.8 Å². The second kappa shape index (κ2) is 22.8. The third-order valence-corrected chi connectivity index (χ3v) is 12.4. The van der Waals surface area contributed by atoms with Crippen molar-refractivity contribution in [3.05, 3.63) is 212 Å². The molecule has 6 aromatic carbocycles. The molecule has 3 aromatic heterocycles. The van der Waals surface area contributed by atoms with E-state index in [4.69, 9.17) is 79.4 Å². The zero-order chi connectivity index (χ0) is 51.8. The van der Waals surface area contributed by atoms with Gasteiger partial charge in [0.2, 0.25) is 11.9 Å². The summed E-state index contributed by atoms with van der Waals surface area (Å²) in [5.41, 5.74) is 39.8. The maximum Gasteiger partial charge on any atom is 0.215 e. The van der Waals surface area contributed by atoms with E-state index in [1.54, 1.807) is 35.0 Å². The van der Waals surface area contributed by atoms with Crippen LogP contribution in [-0.4, -0.2) is 53.6 Å². The Hall–Kier alpha value is -8.31. The van der Waals surface area contributed by atoms with E-state index in [2.05, 4.69) is 15.2 Å². The fraction of sp³-hybridized carbons (Fsp3) is 0.111. The molecule has 73 heavy (non-hydrogen) atoms. The maximum atomic E-state index is 13.3. The van der Waals surface area contributed by atoms with Crippen LogP contribution in [0.4, 0.5) is 26.2 Å². The lowest BCUT2D eigenvalue weighted by atomic mass is 10.0. The minimum absolute atomic E-state index is 0.211. The smallest absolute Gasteiger partial charge is 0.215 e. The highest BCUT2D eigenvalue weighted by Gasteiger charge is 2.23. The van der Waals surface area contributed by atoms with Gasteiger partial charge in [0, 0.05) is 80.7 Å². The van der Waals surface area contributed by atoms with Gasteiger partial charge in [0.1, 0.15) is 34.9 Å². The largest absolute Gasteiger partial charge is 0.383 e. The number of nitrogens with one attached hydrogen (secondary N) is 2. The van der Waals surface area contributed by atoms with Crippen molar-refractivity contribution in [1.82, 2.24) is 29.3 Å². The summed E-state index contributed by atoms with van der Waals surface area (Å²) in [6, 6.07) is 44.6. The van der Waals surface area contributed by atoms with Gasteiger partial charge in [-0.3, -0.25) is 15.8 Å². The standard InChI is InChI=1S/C20H18ClFN4.C17H15ClFN5.C17H16ClN5/c21-15-4-1-3-13(11-15)12-17-19(14-6-8-16(22)9-7-14)25-26(20(17)23)18-5-2-10-24-18;18-12-3-1-2-10(8-12)9-14-15(11-4-6-13(19)7-5-11)23-24(16(14)20)17(21)22;18-13-8-4-5-11(9-13)10-14-15(12-6-2-1-3-7-12)22-23(16(14)19)17(20)21/h1,3-4,6-9,11H,2,5,10,12,23H2;1-8H,9,20H2,(H3,21,22);1-9H,10,19H2,(H3,20,21). The van der Waals surface area contributed by atoms with Crippen LogP contribution >= 0.6 is 34.8 Å². The van der Waals surface area contributed by atoms with Crippen molar-refractivity contribution in [2.24, 2.45) is 16.5 Å². The highest BCUT2D eigenvalue weighted by molar-refractivity contribution is 6.31. The molecule has 4 heterocycles. The molecule has 0 amide bonds. The van der Waals surface area contributed by atoms with Gasteiger partial charge in [0.15, 0.2) is 0 Å². The summed E-state index contributed by atoms with van der Waals surface area (Å²) in [4.78, 5) is 4.51. The number of benzene rings is 6. The number of aromatic nitrogens is 6. The highest BCUT2D eigenvalue weighted by Crippen LogP contribution is 2.33. The molecule has 0 aliphatic carbocycles. The molecule has 14 nitrogen and oxygen atoms in total. The molecular weight excluding hydrogens is 989 g/mol. The molecule has 0 radical (unpaired) electrons. The number of rotatable bonds is 9. The number of hydrogen-bond acceptors (Lipinski definition) is 9. The Morgan fingerprint density at radius 3 is 1.25 bits per heavy atom. The zero-order valence-electron chi connectivity index (χ0n) is 39.1. The Labute approximate surface area is 434 Å². The van der Waals surface area contributed by atoms with E-state index in [-0.39, 0.29) is 29.4 Å². The molecule has 370 valence electrons. The summed E-state index contributed by atoms with van der Waals surface area (Å²) in [7, 11) is 0. The van der Waals surface area contributed by atoms with E-state index < -0.39 is 0 Å². The maximum absolute atomic E-state index is 13.3. The number of halogens is 5. The summed E-state index contributed by atoms with van der Waals surface area (Å²) in [5, 5.41) is 30.7. The van der Waals surface area contributed by atoms with Gasteiger partial charge in [-0.2, -0.15) is 24.7 Å². The summed E-state index contributed by atoms with van der Waals surface area (Å²) < 4.78 is 30.7. The molecule has 0 saturated carbocycles. The van der Waals surface area contributed by atoms with Crippen LogP contribution in [0.1, 0.15) is 46.2 Å². The Bertz CT molecular complexity index is 3460. The number of hydrogen-bond donors (Lipinski definition) is 7. The first-order valence-corrected chi connectivity index (χ1v) is 23.9. The summed E-state index contributed by atoms with van der Waals surface area (Å²) >= 11 is 18.2. The number of aliphatic imine (C=N–C) groups is 1. The summed E-state index contributed by atoms with van der Waals surface area (Å²) in [6.45, 7) is 0.796. The van der Waals surface area contributed by atoms with Crippen LogP contribution < -0.4 is 28.7 Å². The van der Waals surface area contributed by atoms with Crippen LogP contribution in [-0.2, 0) is 19.3 Å². The van der Waals surface area contributed by atoms with Crippen LogP contribution in [0, 0.1) is 22.5 Å². The summed E-state index contributed by atoms with van der Waals surface area (Å²) in [6.07, 6.45) is 3.47. The number of nitrogen functional groups attached to an aromatic ring is 5. The van der Waals surface area contributed by atoms with Crippen molar-refractivity contribution >= 4 is 70.0 Å². The molecular formula is C54H49Cl3F2N14. The van der Waals surface area contributed by atoms with Crippen LogP contribution in [0.3, 0.4) is 0 Å². The molecule has 9 aromatic rings. The monoisotopic (exact) mass is 1040 g/mol. The number of nitrogens with two attached hydrogens (primary N) is 5. The van der Waals surface area contributed by atoms with Gasteiger partial charge in [-0.1, -0.05) is 102 Å². The van der Waals surface area contributed by atoms with E-state index in [0.717, 1.165) is 75.6 Å². The zero-order valence-corrected chi connectivity index (χ0v) is 41.4. The van der Waals surface area contributed by atoms with Crippen molar-refractivity contribution < 1.29 is 8.78 Å². The van der Waals surface area contributed by atoms with Gasteiger partial charge in [0.25, 0.3) is 0 Å². The first-order valence-electron chi connectivity index (χ1n) is 22.8. The second-order valence-electron chi connectivity index (χ2n) is 16.8. The normalized spacial score (nSPS) is 11.8. The van der Waals surface area contributed by atoms with Crippen LogP contribution in [0.5, 0.6) is 0 Å². The van der Waals surface area contributed by atoms with E-state index in [1.165, 1.54) is 33.6 Å². The van der Waals surface area contributed by atoms with E-state index >= 15 is 0 Å². The minimum Gasteiger partial charge on any atom is -0.383 e. The van der Waals surface area contributed by atoms with Gasteiger partial charge in [-0.25, -0.2) is 13.5 Å². The van der Waals surface area contributed by atoms with Crippen molar-refractivity contribution in [2.45, 2.75) is 32.1 Å². The molecule has 0 bridgehead atoms. The quantitative estimate of drug-likeness (QED) is 0.0540. The highest BCUT2D eigenvalue weighted by atomic mass is 35.5. The number of anilines is 3. The lowest BCUT2D eigenvalue weighted by molar-refractivity contribution is 0.627. The van der Waals surface area contributed by atoms with E-state index in [9.17, 15) is 8.78 Å². The van der Waals surface area contributed by atoms with Crippen LogP contribution in [0.15, 0.2) is 157 Å². The molecule has 0 unspecified atom stereocenters. The summed E-state index contributed by atoms with van der Waals surface area (Å²) in [5.74, 6) is 0.989. The Morgan fingerprint density at radius 1 is 0.493 bits per heavy atom. The molecule has 0 spiro atoms. The second-order valence-corrected chi connectivity index (χ2v) is 18.2. The van der Waals surface area contributed by atoms with Gasteiger partial charge < -0.3 is 28.7 Å². The predicted molar refractivity (Wildman–Crippen MR) is 290 cm³/mol. The van der Waals surface area contributed by atoms with Gasteiger partial charge in [-0.15, -0.1) is 0 Å². The lowest BCUT2D eigenvalue weighted by Gasteiger charge is -2.06.